The third kappa shape index (κ3) is 4.67. The molecule has 5 heteroatoms. The Bertz CT molecular complexity index is 367. The van der Waals surface area contributed by atoms with Gasteiger partial charge in [0, 0.05) is 25.7 Å². The summed E-state index contributed by atoms with van der Waals surface area (Å²) in [6, 6.07) is 0. The molecule has 0 unspecified atom stereocenters. The van der Waals surface area contributed by atoms with Crippen molar-refractivity contribution in [3.05, 3.63) is 11.9 Å². The van der Waals surface area contributed by atoms with Crippen molar-refractivity contribution in [1.29, 1.82) is 0 Å². The van der Waals surface area contributed by atoms with Crippen molar-refractivity contribution in [2.45, 2.75) is 33.6 Å². The highest BCUT2D eigenvalue weighted by Gasteiger charge is 2.08. The van der Waals surface area contributed by atoms with Crippen LogP contribution in [0.4, 0.5) is 11.6 Å². The predicted molar refractivity (Wildman–Crippen MR) is 81.9 cm³/mol. The molecule has 1 heterocycles. The molecule has 5 nitrogen and oxygen atoms in total. The molecule has 0 saturated carbocycles. The molecular weight excluding hydrogens is 238 g/mol. The van der Waals surface area contributed by atoms with Gasteiger partial charge < -0.3 is 15.5 Å². The Hall–Kier alpha value is -1.36. The normalized spacial score (nSPS) is 10.8. The number of anilines is 2. The SMILES string of the molecule is CCCN(CC)CCNc1ncnc(NC)c1CC. The van der Waals surface area contributed by atoms with Crippen molar-refractivity contribution in [2.24, 2.45) is 0 Å². The van der Waals surface area contributed by atoms with E-state index in [4.69, 9.17) is 0 Å². The highest BCUT2D eigenvalue weighted by molar-refractivity contribution is 5.57. The van der Waals surface area contributed by atoms with E-state index in [1.165, 1.54) is 6.42 Å². The summed E-state index contributed by atoms with van der Waals surface area (Å²) in [6.07, 6.45) is 3.73. The molecule has 0 saturated heterocycles. The summed E-state index contributed by atoms with van der Waals surface area (Å²) < 4.78 is 0. The highest BCUT2D eigenvalue weighted by atomic mass is 15.1. The standard InChI is InChI=1S/C14H27N5/c1-5-9-19(7-3)10-8-16-14-12(6-2)13(15-4)17-11-18-14/h11H,5-10H2,1-4H3,(H2,15,16,17,18). The number of hydrogen-bond donors (Lipinski definition) is 2. The molecule has 0 bridgehead atoms. The average Bonchev–Trinajstić information content (AvgIpc) is 2.45. The lowest BCUT2D eigenvalue weighted by Gasteiger charge is -2.20. The summed E-state index contributed by atoms with van der Waals surface area (Å²) in [5.74, 6) is 1.87. The third-order valence-corrected chi connectivity index (χ3v) is 3.24. The van der Waals surface area contributed by atoms with Crippen LogP contribution in [-0.4, -0.2) is 48.1 Å². The Kier molecular flexibility index (Phi) is 7.18. The zero-order valence-electron chi connectivity index (χ0n) is 12.7. The van der Waals surface area contributed by atoms with Crippen LogP contribution in [0.3, 0.4) is 0 Å². The smallest absolute Gasteiger partial charge is 0.134 e. The fourth-order valence-electron chi connectivity index (χ4n) is 2.19. The fourth-order valence-corrected chi connectivity index (χ4v) is 2.19. The van der Waals surface area contributed by atoms with Crippen LogP contribution in [0.5, 0.6) is 0 Å². The van der Waals surface area contributed by atoms with Crippen LogP contribution < -0.4 is 10.6 Å². The van der Waals surface area contributed by atoms with Gasteiger partial charge in [-0.3, -0.25) is 0 Å². The van der Waals surface area contributed by atoms with Gasteiger partial charge in [0.15, 0.2) is 0 Å². The molecule has 0 atom stereocenters. The van der Waals surface area contributed by atoms with Crippen LogP contribution in [0.2, 0.25) is 0 Å². The van der Waals surface area contributed by atoms with Gasteiger partial charge in [-0.1, -0.05) is 20.8 Å². The number of rotatable bonds is 9. The second kappa shape index (κ2) is 8.69. The van der Waals surface area contributed by atoms with E-state index in [1.54, 1.807) is 6.33 Å². The van der Waals surface area contributed by atoms with E-state index in [2.05, 4.69) is 46.3 Å². The Morgan fingerprint density at radius 1 is 1.11 bits per heavy atom. The predicted octanol–water partition coefficient (Wildman–Crippen LogP) is 2.22. The minimum Gasteiger partial charge on any atom is -0.373 e. The first-order valence-electron chi connectivity index (χ1n) is 7.24. The Morgan fingerprint density at radius 2 is 1.84 bits per heavy atom. The maximum atomic E-state index is 4.35. The molecule has 108 valence electrons. The van der Waals surface area contributed by atoms with Crippen LogP contribution in [0.1, 0.15) is 32.8 Å². The van der Waals surface area contributed by atoms with Crippen molar-refractivity contribution < 1.29 is 0 Å². The summed E-state index contributed by atoms with van der Waals surface area (Å²) in [5, 5.41) is 6.55. The number of aromatic nitrogens is 2. The largest absolute Gasteiger partial charge is 0.373 e. The molecule has 0 radical (unpaired) electrons. The topological polar surface area (TPSA) is 53.1 Å². The summed E-state index contributed by atoms with van der Waals surface area (Å²) in [7, 11) is 1.89. The lowest BCUT2D eigenvalue weighted by Crippen LogP contribution is -2.30. The Morgan fingerprint density at radius 3 is 2.42 bits per heavy atom. The molecular formula is C14H27N5. The summed E-state index contributed by atoms with van der Waals surface area (Å²) in [6.45, 7) is 10.8. The fraction of sp³-hybridized carbons (Fsp3) is 0.714. The second-order valence-corrected chi connectivity index (χ2v) is 4.51. The van der Waals surface area contributed by atoms with Crippen LogP contribution >= 0.6 is 0 Å². The maximum Gasteiger partial charge on any atom is 0.134 e. The van der Waals surface area contributed by atoms with E-state index in [-0.39, 0.29) is 0 Å². The van der Waals surface area contributed by atoms with Crippen LogP contribution in [0.15, 0.2) is 6.33 Å². The van der Waals surface area contributed by atoms with Gasteiger partial charge in [0.2, 0.25) is 0 Å². The molecule has 0 amide bonds. The lowest BCUT2D eigenvalue weighted by atomic mass is 10.2. The molecule has 0 aliphatic carbocycles. The van der Waals surface area contributed by atoms with Crippen molar-refractivity contribution in [1.82, 2.24) is 14.9 Å². The second-order valence-electron chi connectivity index (χ2n) is 4.51. The minimum absolute atomic E-state index is 0.918. The van der Waals surface area contributed by atoms with E-state index in [0.29, 0.717) is 0 Å². The molecule has 19 heavy (non-hydrogen) atoms. The van der Waals surface area contributed by atoms with E-state index in [1.807, 2.05) is 7.05 Å². The van der Waals surface area contributed by atoms with Crippen molar-refractivity contribution in [3.8, 4) is 0 Å². The Balaban J connectivity index is 2.57. The highest BCUT2D eigenvalue weighted by Crippen LogP contribution is 2.19. The van der Waals surface area contributed by atoms with Gasteiger partial charge in [0.05, 0.1) is 0 Å². The first-order chi connectivity index (χ1) is 9.26. The monoisotopic (exact) mass is 265 g/mol. The van der Waals surface area contributed by atoms with Gasteiger partial charge in [-0.25, -0.2) is 9.97 Å². The molecule has 0 aromatic carbocycles. The zero-order chi connectivity index (χ0) is 14.1. The number of hydrogen-bond acceptors (Lipinski definition) is 5. The molecule has 0 fully saturated rings. The van der Waals surface area contributed by atoms with Crippen molar-refractivity contribution in [3.63, 3.8) is 0 Å². The summed E-state index contributed by atoms with van der Waals surface area (Å²) >= 11 is 0. The van der Waals surface area contributed by atoms with Gasteiger partial charge in [-0.15, -0.1) is 0 Å². The number of likely N-dealkylation sites (N-methyl/N-ethyl adjacent to an activating group) is 1. The van der Waals surface area contributed by atoms with E-state index >= 15 is 0 Å². The van der Waals surface area contributed by atoms with Gasteiger partial charge in [-0.2, -0.15) is 0 Å². The van der Waals surface area contributed by atoms with Crippen molar-refractivity contribution in [2.75, 3.05) is 43.9 Å². The maximum absolute atomic E-state index is 4.35. The van der Waals surface area contributed by atoms with Crippen molar-refractivity contribution >= 4 is 11.6 Å². The molecule has 0 spiro atoms. The van der Waals surface area contributed by atoms with E-state index in [0.717, 1.165) is 49.8 Å². The van der Waals surface area contributed by atoms with Gasteiger partial charge in [0.25, 0.3) is 0 Å². The number of nitrogens with one attached hydrogen (secondary N) is 2. The van der Waals surface area contributed by atoms with Gasteiger partial charge >= 0.3 is 0 Å². The molecule has 1 rings (SSSR count). The van der Waals surface area contributed by atoms with Crippen LogP contribution in [0.25, 0.3) is 0 Å². The molecule has 2 N–H and O–H groups in total. The van der Waals surface area contributed by atoms with Gasteiger partial charge in [-0.05, 0) is 25.9 Å². The number of nitrogens with zero attached hydrogens (tertiary/aromatic N) is 3. The summed E-state index contributed by atoms with van der Waals surface area (Å²) in [5.41, 5.74) is 1.16. The van der Waals surface area contributed by atoms with E-state index in [9.17, 15) is 0 Å². The molecule has 1 aromatic rings. The molecule has 1 aromatic heterocycles. The Labute approximate surface area is 116 Å². The quantitative estimate of drug-likeness (QED) is 0.717. The zero-order valence-corrected chi connectivity index (χ0v) is 12.7. The molecule has 0 aliphatic heterocycles. The van der Waals surface area contributed by atoms with Crippen LogP contribution in [0, 0.1) is 0 Å². The average molecular weight is 265 g/mol. The first-order valence-corrected chi connectivity index (χ1v) is 7.24. The first kappa shape index (κ1) is 15.7. The van der Waals surface area contributed by atoms with Crippen LogP contribution in [-0.2, 0) is 6.42 Å². The third-order valence-electron chi connectivity index (χ3n) is 3.24. The minimum atomic E-state index is 0.918. The van der Waals surface area contributed by atoms with E-state index < -0.39 is 0 Å². The van der Waals surface area contributed by atoms with Gasteiger partial charge in [0.1, 0.15) is 18.0 Å². The lowest BCUT2D eigenvalue weighted by molar-refractivity contribution is 0.300. The molecule has 0 aliphatic rings. The summed E-state index contributed by atoms with van der Waals surface area (Å²) in [4.78, 5) is 11.0.